The Labute approximate surface area is 160 Å². The van der Waals surface area contributed by atoms with E-state index in [1.807, 2.05) is 0 Å². The zero-order valence-electron chi connectivity index (χ0n) is 14.5. The molecule has 7 nitrogen and oxygen atoms in total. The second-order valence-corrected chi connectivity index (χ2v) is 8.84. The Morgan fingerprint density at radius 1 is 1.41 bits per heavy atom. The van der Waals surface area contributed by atoms with E-state index in [4.69, 9.17) is 16.3 Å². The molecule has 3 rings (SSSR count). The van der Waals surface area contributed by atoms with Crippen LogP contribution in [0.2, 0.25) is 5.02 Å². The van der Waals surface area contributed by atoms with Crippen LogP contribution in [0.3, 0.4) is 0 Å². The summed E-state index contributed by atoms with van der Waals surface area (Å²) >= 11 is 5.81. The van der Waals surface area contributed by atoms with Gasteiger partial charge in [0.05, 0.1) is 36.5 Å². The van der Waals surface area contributed by atoms with Crippen LogP contribution in [0.15, 0.2) is 30.7 Å². The quantitative estimate of drug-likeness (QED) is 0.776. The van der Waals surface area contributed by atoms with Gasteiger partial charge in [-0.05, 0) is 18.6 Å². The van der Waals surface area contributed by atoms with E-state index in [0.29, 0.717) is 16.6 Å². The third-order valence-corrected chi connectivity index (χ3v) is 5.21. The molecule has 1 aliphatic carbocycles. The minimum Gasteiger partial charge on any atom is -0.492 e. The summed E-state index contributed by atoms with van der Waals surface area (Å²) in [4.78, 5) is 4.19. The van der Waals surface area contributed by atoms with Gasteiger partial charge >= 0.3 is 0 Å². The number of alkyl halides is 2. The van der Waals surface area contributed by atoms with Gasteiger partial charge in [0.25, 0.3) is 0 Å². The number of ether oxygens (including phenoxy) is 1. The summed E-state index contributed by atoms with van der Waals surface area (Å²) in [5.41, 5.74) is 0. The highest BCUT2D eigenvalue weighted by Crippen LogP contribution is 2.37. The van der Waals surface area contributed by atoms with Crippen molar-refractivity contribution in [3.8, 4) is 11.6 Å². The number of hydrogen-bond acceptors (Lipinski definition) is 5. The number of sulfonamides is 1. The number of pyridine rings is 1. The molecule has 0 aromatic carbocycles. The van der Waals surface area contributed by atoms with E-state index < -0.39 is 34.3 Å². The lowest BCUT2D eigenvalue weighted by molar-refractivity contribution is -0.0660. The maximum Gasteiger partial charge on any atom is 0.248 e. The first-order valence-electron chi connectivity index (χ1n) is 8.26. The smallest absolute Gasteiger partial charge is 0.248 e. The molecule has 148 valence electrons. The van der Waals surface area contributed by atoms with E-state index in [2.05, 4.69) is 14.8 Å². The standard InChI is InChI=1S/C16H19ClF2N4O3S/c1-27(24,25)22-14-4-5-16(18,19)6-11(14)10-26-13-2-3-15(20-8-13)23-9-12(17)7-21-23/h2-3,7-9,11,14,22H,4-6,10H2,1H3/t11-,14-/m0/s1. The predicted octanol–water partition coefficient (Wildman–Crippen LogP) is 2.65. The van der Waals surface area contributed by atoms with Gasteiger partial charge in [-0.15, -0.1) is 0 Å². The van der Waals surface area contributed by atoms with Crippen molar-refractivity contribution in [3.05, 3.63) is 35.7 Å². The average Bonchev–Trinajstić information content (AvgIpc) is 3.01. The van der Waals surface area contributed by atoms with Gasteiger partial charge < -0.3 is 4.74 Å². The normalized spacial score (nSPS) is 22.5. The van der Waals surface area contributed by atoms with E-state index in [0.717, 1.165) is 6.26 Å². The first-order chi connectivity index (χ1) is 12.6. The molecule has 0 bridgehead atoms. The van der Waals surface area contributed by atoms with Crippen molar-refractivity contribution in [2.24, 2.45) is 5.92 Å². The first-order valence-corrected chi connectivity index (χ1v) is 10.5. The lowest BCUT2D eigenvalue weighted by atomic mass is 9.83. The van der Waals surface area contributed by atoms with Crippen molar-refractivity contribution in [2.75, 3.05) is 12.9 Å². The average molecular weight is 421 g/mol. The van der Waals surface area contributed by atoms with Gasteiger partial charge in [0.2, 0.25) is 15.9 Å². The molecule has 0 saturated heterocycles. The minimum absolute atomic E-state index is 0.0442. The molecule has 11 heteroatoms. The van der Waals surface area contributed by atoms with E-state index in [-0.39, 0.29) is 19.4 Å². The van der Waals surface area contributed by atoms with Crippen molar-refractivity contribution in [3.63, 3.8) is 0 Å². The van der Waals surface area contributed by atoms with Crippen LogP contribution in [0.4, 0.5) is 8.78 Å². The van der Waals surface area contributed by atoms with Gasteiger partial charge in [-0.25, -0.2) is 31.6 Å². The molecule has 2 aromatic rings. The molecule has 2 atom stereocenters. The molecule has 0 spiro atoms. The van der Waals surface area contributed by atoms with Gasteiger partial charge in [0, 0.05) is 24.8 Å². The molecule has 1 aliphatic rings. The van der Waals surface area contributed by atoms with Crippen LogP contribution in [0, 0.1) is 5.92 Å². The lowest BCUT2D eigenvalue weighted by Gasteiger charge is -2.35. The van der Waals surface area contributed by atoms with E-state index in [1.54, 1.807) is 18.3 Å². The van der Waals surface area contributed by atoms with E-state index in [9.17, 15) is 17.2 Å². The van der Waals surface area contributed by atoms with Gasteiger partial charge in [-0.3, -0.25) is 0 Å². The summed E-state index contributed by atoms with van der Waals surface area (Å²) in [6.07, 6.45) is 4.82. The summed E-state index contributed by atoms with van der Waals surface area (Å²) in [5, 5.41) is 4.50. The molecule has 2 aromatic heterocycles. The van der Waals surface area contributed by atoms with Gasteiger partial charge in [0.15, 0.2) is 5.82 Å². The predicted molar refractivity (Wildman–Crippen MR) is 95.9 cm³/mol. The number of halogens is 3. The summed E-state index contributed by atoms with van der Waals surface area (Å²) < 4.78 is 60.0. The Hall–Kier alpha value is -1.78. The van der Waals surface area contributed by atoms with Crippen LogP contribution in [0.25, 0.3) is 5.82 Å². The van der Waals surface area contributed by atoms with Gasteiger partial charge in [0.1, 0.15) is 5.75 Å². The highest BCUT2D eigenvalue weighted by molar-refractivity contribution is 7.88. The topological polar surface area (TPSA) is 86.1 Å². The van der Waals surface area contributed by atoms with Crippen LogP contribution < -0.4 is 9.46 Å². The molecule has 0 aliphatic heterocycles. The van der Waals surface area contributed by atoms with Crippen molar-refractivity contribution >= 4 is 21.6 Å². The molecule has 1 saturated carbocycles. The van der Waals surface area contributed by atoms with Crippen molar-refractivity contribution in [1.82, 2.24) is 19.5 Å². The number of nitrogens with zero attached hydrogens (tertiary/aromatic N) is 3. The number of aromatic nitrogens is 3. The molecular formula is C16H19ClF2N4O3S. The fourth-order valence-corrected chi connectivity index (χ4v) is 4.05. The highest BCUT2D eigenvalue weighted by Gasteiger charge is 2.42. The Morgan fingerprint density at radius 3 is 2.78 bits per heavy atom. The van der Waals surface area contributed by atoms with Crippen LogP contribution in [-0.2, 0) is 10.0 Å². The molecule has 0 radical (unpaired) electrons. The Kier molecular flexibility index (Phi) is 5.68. The largest absolute Gasteiger partial charge is 0.492 e. The number of hydrogen-bond donors (Lipinski definition) is 1. The number of rotatable bonds is 6. The second kappa shape index (κ2) is 7.69. The maximum absolute atomic E-state index is 13.8. The number of nitrogens with one attached hydrogen (secondary N) is 1. The Bertz CT molecular complexity index is 889. The molecule has 0 amide bonds. The summed E-state index contributed by atoms with van der Waals surface area (Å²) in [7, 11) is -3.49. The van der Waals surface area contributed by atoms with Crippen LogP contribution in [0.5, 0.6) is 5.75 Å². The zero-order valence-corrected chi connectivity index (χ0v) is 16.1. The fraction of sp³-hybridized carbons (Fsp3) is 0.500. The second-order valence-electron chi connectivity index (χ2n) is 6.62. The van der Waals surface area contributed by atoms with Crippen molar-refractivity contribution in [1.29, 1.82) is 0 Å². The van der Waals surface area contributed by atoms with E-state index >= 15 is 0 Å². The molecule has 0 unspecified atom stereocenters. The molecule has 1 fully saturated rings. The molecule has 1 N–H and O–H groups in total. The lowest BCUT2D eigenvalue weighted by Crippen LogP contribution is -2.48. The van der Waals surface area contributed by atoms with Crippen LogP contribution in [0.1, 0.15) is 19.3 Å². The Morgan fingerprint density at radius 2 is 2.19 bits per heavy atom. The molecular weight excluding hydrogens is 402 g/mol. The summed E-state index contributed by atoms with van der Waals surface area (Å²) in [5.74, 6) is -2.56. The van der Waals surface area contributed by atoms with Crippen molar-refractivity contribution < 1.29 is 21.9 Å². The monoisotopic (exact) mass is 420 g/mol. The molecule has 27 heavy (non-hydrogen) atoms. The fourth-order valence-electron chi connectivity index (χ4n) is 3.06. The SMILES string of the molecule is CS(=O)(=O)N[C@H]1CCC(F)(F)C[C@H]1COc1ccc(-n2cc(Cl)cn2)nc1. The van der Waals surface area contributed by atoms with Gasteiger partial charge in [-0.2, -0.15) is 5.10 Å². The molecule has 2 heterocycles. The van der Waals surface area contributed by atoms with Gasteiger partial charge in [-0.1, -0.05) is 11.6 Å². The van der Waals surface area contributed by atoms with E-state index in [1.165, 1.54) is 17.1 Å². The minimum atomic E-state index is -3.49. The Balaban J connectivity index is 1.65. The third kappa shape index (κ3) is 5.60. The highest BCUT2D eigenvalue weighted by atomic mass is 35.5. The van der Waals surface area contributed by atoms with Crippen molar-refractivity contribution in [2.45, 2.75) is 31.2 Å². The zero-order chi connectivity index (χ0) is 19.7. The third-order valence-electron chi connectivity index (χ3n) is 4.29. The van der Waals surface area contributed by atoms with Crippen LogP contribution in [-0.4, -0.2) is 48.0 Å². The first kappa shape index (κ1) is 20.0. The summed E-state index contributed by atoms with van der Waals surface area (Å²) in [6, 6.07) is 2.70. The van der Waals surface area contributed by atoms with Crippen LogP contribution >= 0.6 is 11.6 Å². The maximum atomic E-state index is 13.8. The summed E-state index contributed by atoms with van der Waals surface area (Å²) in [6.45, 7) is -0.0442.